The Morgan fingerprint density at radius 3 is 2.20 bits per heavy atom. The van der Waals surface area contributed by atoms with Crippen LogP contribution in [0.2, 0.25) is 0 Å². The smallest absolute Gasteiger partial charge is 0.123 e. The van der Waals surface area contributed by atoms with E-state index < -0.39 is 6.37 Å². The van der Waals surface area contributed by atoms with E-state index in [4.69, 9.17) is 2.74 Å². The Morgan fingerprint density at radius 1 is 1.07 bits per heavy atom. The van der Waals surface area contributed by atoms with Gasteiger partial charge in [0.25, 0.3) is 0 Å². The number of rotatable bonds is 4. The summed E-state index contributed by atoms with van der Waals surface area (Å²) < 4.78 is 29.5. The van der Waals surface area contributed by atoms with E-state index in [1.165, 1.54) is 12.1 Å². The fraction of sp³-hybridized carbons (Fsp3) is 0.571. The zero-order valence-electron chi connectivity index (χ0n) is 12.0. The third-order valence-corrected chi connectivity index (χ3v) is 2.06. The van der Waals surface area contributed by atoms with E-state index in [-0.39, 0.29) is 11.7 Å². The molecule has 15 heavy (non-hydrogen) atoms. The number of benzene rings is 1. The van der Waals surface area contributed by atoms with E-state index in [1.54, 1.807) is 6.07 Å². The molecule has 0 aliphatic carbocycles. The van der Waals surface area contributed by atoms with Gasteiger partial charge in [-0.25, -0.2) is 4.39 Å². The van der Waals surface area contributed by atoms with Crippen LogP contribution in [0.3, 0.4) is 0 Å². The molecule has 0 saturated carbocycles. The van der Waals surface area contributed by atoms with E-state index in [0.29, 0.717) is 11.5 Å². The van der Waals surface area contributed by atoms with Crippen molar-refractivity contribution in [3.05, 3.63) is 35.1 Å². The molecule has 0 N–H and O–H groups in total. The monoisotopic (exact) mass is 210 g/mol. The van der Waals surface area contributed by atoms with Crippen molar-refractivity contribution in [2.24, 2.45) is 11.8 Å². The largest absolute Gasteiger partial charge is 0.207 e. The van der Waals surface area contributed by atoms with E-state index in [1.807, 2.05) is 13.8 Å². The molecule has 0 aliphatic rings. The fourth-order valence-corrected chi connectivity index (χ4v) is 1.66. The Labute approximate surface area is 95.3 Å². The molecule has 0 unspecified atom stereocenters. The predicted molar refractivity (Wildman–Crippen MR) is 63.5 cm³/mol. The van der Waals surface area contributed by atoms with E-state index in [0.717, 1.165) is 12.0 Å². The zero-order valence-corrected chi connectivity index (χ0v) is 9.97. The summed E-state index contributed by atoms with van der Waals surface area (Å²) in [5, 5.41) is 0. The SMILES string of the molecule is [2H]C([2H])(c1cc(F)cc(CC(C)C)c1)C(C)C. The van der Waals surface area contributed by atoms with Crippen molar-refractivity contribution in [2.75, 3.05) is 0 Å². The Balaban J connectivity index is 3.13. The molecule has 0 bridgehead atoms. The average Bonchev–Trinajstić information content (AvgIpc) is 2.15. The first kappa shape index (κ1) is 9.38. The molecule has 0 aromatic heterocycles. The summed E-state index contributed by atoms with van der Waals surface area (Å²) in [6.07, 6.45) is -0.702. The first-order valence-electron chi connectivity index (χ1n) is 6.53. The van der Waals surface area contributed by atoms with Crippen LogP contribution in [0.15, 0.2) is 18.2 Å². The lowest BCUT2D eigenvalue weighted by molar-refractivity contribution is 0.600. The highest BCUT2D eigenvalue weighted by Gasteiger charge is 2.04. The predicted octanol–water partition coefficient (Wildman–Crippen LogP) is 4.22. The lowest BCUT2D eigenvalue weighted by Crippen LogP contribution is -1.99. The number of hydrogen-bond donors (Lipinski definition) is 0. The first-order valence-corrected chi connectivity index (χ1v) is 5.53. The topological polar surface area (TPSA) is 0 Å². The molecule has 0 radical (unpaired) electrons. The molecular formula is C14H21F. The van der Waals surface area contributed by atoms with Crippen LogP contribution in [0, 0.1) is 17.7 Å². The molecule has 0 spiro atoms. The summed E-state index contributed by atoms with van der Waals surface area (Å²) in [5.41, 5.74) is 1.32. The quantitative estimate of drug-likeness (QED) is 0.698. The third-order valence-electron chi connectivity index (χ3n) is 2.06. The molecule has 0 aliphatic heterocycles. The van der Waals surface area contributed by atoms with Crippen LogP contribution in [-0.4, -0.2) is 0 Å². The van der Waals surface area contributed by atoms with Crippen molar-refractivity contribution in [1.29, 1.82) is 0 Å². The molecule has 0 amide bonds. The normalized spacial score (nSPS) is 14.3. The second-order valence-corrected chi connectivity index (χ2v) is 4.75. The highest BCUT2D eigenvalue weighted by Crippen LogP contribution is 2.16. The molecule has 0 saturated heterocycles. The minimum atomic E-state index is -1.48. The van der Waals surface area contributed by atoms with Crippen molar-refractivity contribution in [1.82, 2.24) is 0 Å². The van der Waals surface area contributed by atoms with Gasteiger partial charge in [0.05, 0.1) is 0 Å². The van der Waals surface area contributed by atoms with Crippen LogP contribution >= 0.6 is 0 Å². The van der Waals surface area contributed by atoms with Crippen molar-refractivity contribution in [3.8, 4) is 0 Å². The van der Waals surface area contributed by atoms with E-state index in [2.05, 4.69) is 13.8 Å². The third kappa shape index (κ3) is 4.46. The van der Waals surface area contributed by atoms with Crippen molar-refractivity contribution in [3.63, 3.8) is 0 Å². The van der Waals surface area contributed by atoms with Gasteiger partial charge in [0.15, 0.2) is 0 Å². The molecule has 0 heterocycles. The van der Waals surface area contributed by atoms with Gasteiger partial charge in [0, 0.05) is 2.74 Å². The second-order valence-electron chi connectivity index (χ2n) is 4.75. The summed E-state index contributed by atoms with van der Waals surface area (Å²) in [5.74, 6) is -0.0755. The summed E-state index contributed by atoms with van der Waals surface area (Å²) in [4.78, 5) is 0. The van der Waals surface area contributed by atoms with Gasteiger partial charge in [-0.05, 0) is 47.9 Å². The molecule has 84 valence electrons. The van der Waals surface area contributed by atoms with Crippen molar-refractivity contribution >= 4 is 0 Å². The Hall–Kier alpha value is -0.850. The van der Waals surface area contributed by atoms with Gasteiger partial charge in [-0.1, -0.05) is 33.8 Å². The standard InChI is InChI=1S/C14H21F/c1-10(2)5-12-7-13(6-11(3)4)9-14(15)8-12/h7-11H,5-6H2,1-4H3/i5D2. The maximum absolute atomic E-state index is 13.5. The first-order chi connectivity index (χ1) is 7.73. The van der Waals surface area contributed by atoms with Crippen LogP contribution < -0.4 is 0 Å². The maximum Gasteiger partial charge on any atom is 0.123 e. The summed E-state index contributed by atoms with van der Waals surface area (Å²) in [6.45, 7) is 7.77. The molecule has 1 rings (SSSR count). The zero-order chi connectivity index (χ0) is 13.2. The van der Waals surface area contributed by atoms with Gasteiger partial charge in [-0.2, -0.15) is 0 Å². The molecule has 0 nitrogen and oxygen atoms in total. The highest BCUT2D eigenvalue weighted by atomic mass is 19.1. The van der Waals surface area contributed by atoms with Crippen LogP contribution in [0.25, 0.3) is 0 Å². The number of halogens is 1. The van der Waals surface area contributed by atoms with E-state index >= 15 is 0 Å². The van der Waals surface area contributed by atoms with Gasteiger partial charge < -0.3 is 0 Å². The summed E-state index contributed by atoms with van der Waals surface area (Å²) in [7, 11) is 0. The van der Waals surface area contributed by atoms with Crippen LogP contribution in [-0.2, 0) is 12.8 Å². The molecule has 1 aromatic rings. The lowest BCUT2D eigenvalue weighted by Gasteiger charge is -2.09. The highest BCUT2D eigenvalue weighted by molar-refractivity contribution is 5.25. The minimum absolute atomic E-state index is 0.170. The van der Waals surface area contributed by atoms with Crippen molar-refractivity contribution in [2.45, 2.75) is 40.5 Å². The second kappa shape index (κ2) is 5.29. The number of hydrogen-bond acceptors (Lipinski definition) is 0. The van der Waals surface area contributed by atoms with Gasteiger partial charge >= 0.3 is 0 Å². The van der Waals surface area contributed by atoms with E-state index in [9.17, 15) is 4.39 Å². The average molecular weight is 210 g/mol. The molecular weight excluding hydrogens is 187 g/mol. The van der Waals surface area contributed by atoms with Gasteiger partial charge in [0.1, 0.15) is 5.82 Å². The Morgan fingerprint density at radius 2 is 1.67 bits per heavy atom. The van der Waals surface area contributed by atoms with Crippen LogP contribution in [0.1, 0.15) is 41.6 Å². The van der Waals surface area contributed by atoms with Gasteiger partial charge in [-0.15, -0.1) is 0 Å². The van der Waals surface area contributed by atoms with Gasteiger partial charge in [-0.3, -0.25) is 0 Å². The molecule has 1 aromatic carbocycles. The molecule has 0 fully saturated rings. The minimum Gasteiger partial charge on any atom is -0.207 e. The molecule has 0 atom stereocenters. The Kier molecular flexibility index (Phi) is 3.31. The summed E-state index contributed by atoms with van der Waals surface area (Å²) >= 11 is 0. The van der Waals surface area contributed by atoms with Gasteiger partial charge in [0.2, 0.25) is 0 Å². The van der Waals surface area contributed by atoms with Crippen molar-refractivity contribution < 1.29 is 7.13 Å². The maximum atomic E-state index is 13.5. The Bertz CT molecular complexity index is 384. The lowest BCUT2D eigenvalue weighted by atomic mass is 9.97. The van der Waals surface area contributed by atoms with Crippen LogP contribution in [0.4, 0.5) is 4.39 Å². The summed E-state index contributed by atoms with van der Waals surface area (Å²) in [6, 6.07) is 4.60. The molecule has 1 heteroatoms. The van der Waals surface area contributed by atoms with Crippen LogP contribution in [0.5, 0.6) is 0 Å². The fourth-order valence-electron chi connectivity index (χ4n) is 1.66.